The van der Waals surface area contributed by atoms with Crippen LogP contribution in [0.15, 0.2) is 41.0 Å². The molecule has 1 aromatic carbocycles. The number of amides is 1. The number of carbonyl (C=O) groups is 1. The van der Waals surface area contributed by atoms with Crippen LogP contribution < -0.4 is 16.6 Å². The number of benzene rings is 1. The zero-order chi connectivity index (χ0) is 15.4. The van der Waals surface area contributed by atoms with Gasteiger partial charge < -0.3 is 10.7 Å². The summed E-state index contributed by atoms with van der Waals surface area (Å²) in [5.74, 6) is 5.33. The standard InChI is InChI=1S/C14H14BrClN4O/c1-8(9-2-4-11(15)5-3-9)19-14(21)10-6-12(16)13(20-17)18-7-10/h2-8H,17H2,1H3,(H,18,20)(H,19,21). The molecule has 0 saturated heterocycles. The van der Waals surface area contributed by atoms with Crippen molar-refractivity contribution >= 4 is 39.3 Å². The van der Waals surface area contributed by atoms with E-state index in [0.29, 0.717) is 16.4 Å². The van der Waals surface area contributed by atoms with Gasteiger partial charge in [0.1, 0.15) is 0 Å². The molecule has 0 bridgehead atoms. The monoisotopic (exact) mass is 368 g/mol. The molecule has 0 radical (unpaired) electrons. The van der Waals surface area contributed by atoms with Crippen molar-refractivity contribution in [2.45, 2.75) is 13.0 Å². The van der Waals surface area contributed by atoms with Crippen molar-refractivity contribution in [2.24, 2.45) is 5.84 Å². The van der Waals surface area contributed by atoms with E-state index in [2.05, 4.69) is 31.7 Å². The van der Waals surface area contributed by atoms with Crippen LogP contribution in [-0.4, -0.2) is 10.9 Å². The Morgan fingerprint density at radius 3 is 2.62 bits per heavy atom. The Hall–Kier alpha value is -1.63. The van der Waals surface area contributed by atoms with E-state index in [0.717, 1.165) is 10.0 Å². The molecule has 1 heterocycles. The number of nitrogen functional groups attached to an aromatic ring is 1. The van der Waals surface area contributed by atoms with Gasteiger partial charge in [0, 0.05) is 10.7 Å². The summed E-state index contributed by atoms with van der Waals surface area (Å²) in [4.78, 5) is 16.2. The highest BCUT2D eigenvalue weighted by Gasteiger charge is 2.13. The number of hydrogen-bond donors (Lipinski definition) is 3. The van der Waals surface area contributed by atoms with Crippen LogP contribution in [0.1, 0.15) is 28.9 Å². The molecule has 1 aromatic heterocycles. The van der Waals surface area contributed by atoms with Crippen molar-refractivity contribution in [1.82, 2.24) is 10.3 Å². The van der Waals surface area contributed by atoms with E-state index in [-0.39, 0.29) is 11.9 Å². The molecule has 21 heavy (non-hydrogen) atoms. The van der Waals surface area contributed by atoms with Gasteiger partial charge in [0.15, 0.2) is 5.82 Å². The van der Waals surface area contributed by atoms with E-state index < -0.39 is 0 Å². The third-order valence-electron chi connectivity index (χ3n) is 2.96. The zero-order valence-corrected chi connectivity index (χ0v) is 13.6. The average molecular weight is 370 g/mol. The molecule has 0 aliphatic heterocycles. The second kappa shape index (κ2) is 6.89. The summed E-state index contributed by atoms with van der Waals surface area (Å²) >= 11 is 9.33. The van der Waals surface area contributed by atoms with Crippen LogP contribution in [0.2, 0.25) is 5.02 Å². The third-order valence-corrected chi connectivity index (χ3v) is 3.77. The van der Waals surface area contributed by atoms with E-state index >= 15 is 0 Å². The van der Waals surface area contributed by atoms with Crippen molar-refractivity contribution in [3.05, 3.63) is 57.2 Å². The molecule has 5 nitrogen and oxygen atoms in total. The van der Waals surface area contributed by atoms with Crippen molar-refractivity contribution < 1.29 is 4.79 Å². The molecule has 1 atom stereocenters. The van der Waals surface area contributed by atoms with Gasteiger partial charge in [0.05, 0.1) is 16.6 Å². The first-order chi connectivity index (χ1) is 10.0. The molecule has 110 valence electrons. The van der Waals surface area contributed by atoms with E-state index in [9.17, 15) is 4.79 Å². The fraction of sp³-hybridized carbons (Fsp3) is 0.143. The average Bonchev–Trinajstić information content (AvgIpc) is 2.47. The van der Waals surface area contributed by atoms with E-state index in [1.807, 2.05) is 31.2 Å². The summed E-state index contributed by atoms with van der Waals surface area (Å²) in [6.45, 7) is 1.91. The van der Waals surface area contributed by atoms with Crippen LogP contribution in [-0.2, 0) is 0 Å². The largest absolute Gasteiger partial charge is 0.345 e. The highest BCUT2D eigenvalue weighted by atomic mass is 79.9. The molecule has 0 aliphatic rings. The number of hydrazine groups is 1. The third kappa shape index (κ3) is 3.93. The minimum absolute atomic E-state index is 0.128. The van der Waals surface area contributed by atoms with Gasteiger partial charge in [-0.2, -0.15) is 0 Å². The Balaban J connectivity index is 2.10. The van der Waals surface area contributed by atoms with Gasteiger partial charge in [-0.05, 0) is 30.7 Å². The van der Waals surface area contributed by atoms with Crippen molar-refractivity contribution in [3.8, 4) is 0 Å². The number of nitrogens with one attached hydrogen (secondary N) is 2. The zero-order valence-electron chi connectivity index (χ0n) is 11.2. The molecular formula is C14H14BrClN4O. The summed E-state index contributed by atoms with van der Waals surface area (Å²) < 4.78 is 0.991. The summed E-state index contributed by atoms with van der Waals surface area (Å²) in [5.41, 5.74) is 3.74. The second-order valence-electron chi connectivity index (χ2n) is 4.45. The summed E-state index contributed by atoms with van der Waals surface area (Å²) in [6.07, 6.45) is 1.42. The van der Waals surface area contributed by atoms with E-state index in [4.69, 9.17) is 17.4 Å². The Bertz CT molecular complexity index is 648. The number of halogens is 2. The number of hydrogen-bond acceptors (Lipinski definition) is 4. The molecule has 7 heteroatoms. The van der Waals surface area contributed by atoms with Crippen LogP contribution in [0.25, 0.3) is 0 Å². The lowest BCUT2D eigenvalue weighted by atomic mass is 10.1. The van der Waals surface area contributed by atoms with Gasteiger partial charge in [-0.15, -0.1) is 0 Å². The number of nitrogens with two attached hydrogens (primary N) is 1. The first-order valence-corrected chi connectivity index (χ1v) is 7.37. The fourth-order valence-electron chi connectivity index (χ4n) is 1.78. The Labute approximate surface area is 136 Å². The number of anilines is 1. The first-order valence-electron chi connectivity index (χ1n) is 6.19. The lowest BCUT2D eigenvalue weighted by Gasteiger charge is -2.14. The normalized spacial score (nSPS) is 11.8. The lowest BCUT2D eigenvalue weighted by Crippen LogP contribution is -2.26. The van der Waals surface area contributed by atoms with Crippen LogP contribution >= 0.6 is 27.5 Å². The van der Waals surface area contributed by atoms with Crippen LogP contribution in [0.4, 0.5) is 5.82 Å². The Kier molecular flexibility index (Phi) is 5.17. The molecule has 0 saturated carbocycles. The van der Waals surface area contributed by atoms with Crippen molar-refractivity contribution in [3.63, 3.8) is 0 Å². The smallest absolute Gasteiger partial charge is 0.253 e. The molecule has 0 fully saturated rings. The second-order valence-corrected chi connectivity index (χ2v) is 5.77. The van der Waals surface area contributed by atoms with Crippen molar-refractivity contribution in [1.29, 1.82) is 0 Å². The van der Waals surface area contributed by atoms with Gasteiger partial charge >= 0.3 is 0 Å². The molecule has 1 amide bonds. The predicted octanol–water partition coefficient (Wildman–Crippen LogP) is 3.27. The Morgan fingerprint density at radius 1 is 1.38 bits per heavy atom. The van der Waals surface area contributed by atoms with Crippen LogP contribution in [0.3, 0.4) is 0 Å². The summed E-state index contributed by atoms with van der Waals surface area (Å²) in [7, 11) is 0. The van der Waals surface area contributed by atoms with Crippen molar-refractivity contribution in [2.75, 3.05) is 5.43 Å². The van der Waals surface area contributed by atoms with Crippen LogP contribution in [0, 0.1) is 0 Å². The molecular weight excluding hydrogens is 356 g/mol. The predicted molar refractivity (Wildman–Crippen MR) is 87.1 cm³/mol. The fourth-order valence-corrected chi connectivity index (χ4v) is 2.27. The number of rotatable bonds is 4. The van der Waals surface area contributed by atoms with Gasteiger partial charge in [-0.1, -0.05) is 39.7 Å². The van der Waals surface area contributed by atoms with Crippen LogP contribution in [0.5, 0.6) is 0 Å². The lowest BCUT2D eigenvalue weighted by molar-refractivity contribution is 0.0939. The summed E-state index contributed by atoms with van der Waals surface area (Å²) in [6, 6.07) is 9.14. The highest BCUT2D eigenvalue weighted by Crippen LogP contribution is 2.20. The molecule has 0 aliphatic carbocycles. The van der Waals surface area contributed by atoms with Gasteiger partial charge in [-0.25, -0.2) is 10.8 Å². The quantitative estimate of drug-likeness (QED) is 0.571. The maximum Gasteiger partial charge on any atom is 0.253 e. The van der Waals surface area contributed by atoms with Gasteiger partial charge in [0.2, 0.25) is 0 Å². The SMILES string of the molecule is CC(NC(=O)c1cnc(NN)c(Cl)c1)c1ccc(Br)cc1. The number of aromatic nitrogens is 1. The maximum atomic E-state index is 12.2. The molecule has 0 spiro atoms. The van der Waals surface area contributed by atoms with E-state index in [1.54, 1.807) is 0 Å². The minimum atomic E-state index is -0.247. The first kappa shape index (κ1) is 15.8. The summed E-state index contributed by atoms with van der Waals surface area (Å²) in [5, 5.41) is 3.19. The number of nitrogens with zero attached hydrogens (tertiary/aromatic N) is 1. The Morgan fingerprint density at radius 2 is 2.05 bits per heavy atom. The molecule has 2 aromatic rings. The maximum absolute atomic E-state index is 12.2. The number of carbonyl (C=O) groups excluding carboxylic acids is 1. The topological polar surface area (TPSA) is 80.0 Å². The molecule has 4 N–H and O–H groups in total. The molecule has 2 rings (SSSR count). The van der Waals surface area contributed by atoms with E-state index in [1.165, 1.54) is 12.3 Å². The highest BCUT2D eigenvalue weighted by molar-refractivity contribution is 9.10. The van der Waals surface area contributed by atoms with Gasteiger partial charge in [0.25, 0.3) is 5.91 Å². The van der Waals surface area contributed by atoms with Gasteiger partial charge in [-0.3, -0.25) is 4.79 Å². The molecule has 1 unspecified atom stereocenters. The minimum Gasteiger partial charge on any atom is -0.345 e. The number of pyridine rings is 1.